The number of rotatable bonds is 6. The van der Waals surface area contributed by atoms with Crippen LogP contribution in [0.25, 0.3) is 33.9 Å². The van der Waals surface area contributed by atoms with Gasteiger partial charge in [0.05, 0.1) is 17.2 Å². The molecule has 0 unspecified atom stereocenters. The Hall–Kier alpha value is -3.81. The molecule has 1 heterocycles. The molecule has 0 saturated heterocycles. The normalized spacial score (nSPS) is 11.5. The number of nitrogens with one attached hydrogen (secondary N) is 1. The van der Waals surface area contributed by atoms with E-state index in [0.29, 0.717) is 45.4 Å². The maximum absolute atomic E-state index is 13.1. The Kier molecular flexibility index (Phi) is 6.63. The average molecular weight is 455 g/mol. The number of fused-ring (bicyclic) bond motifs is 1. The summed E-state index contributed by atoms with van der Waals surface area (Å²) in [5.41, 5.74) is 4.10. The van der Waals surface area contributed by atoms with Gasteiger partial charge in [-0.25, -0.2) is 0 Å². The minimum Gasteiger partial charge on any atom is -0.455 e. The Balaban J connectivity index is 1.74. The minimum absolute atomic E-state index is 0.203. The minimum atomic E-state index is -0.203. The highest BCUT2D eigenvalue weighted by molar-refractivity contribution is 6.31. The Morgan fingerprint density at radius 2 is 1.82 bits per heavy atom. The SMILES string of the molecule is CC(C)CNC(=O)c1c(-c2ccc(/C(C#N)=C/c3ccccc3)cc2)oc2ccc(Cl)cc12. The van der Waals surface area contributed by atoms with E-state index in [1.165, 1.54) is 0 Å². The molecule has 0 saturated carbocycles. The number of nitriles is 1. The summed E-state index contributed by atoms with van der Waals surface area (Å²) in [6, 6.07) is 24.7. The number of amides is 1. The molecule has 0 aliphatic heterocycles. The maximum atomic E-state index is 13.1. The molecule has 0 bridgehead atoms. The van der Waals surface area contributed by atoms with Crippen LogP contribution in [0.5, 0.6) is 0 Å². The molecule has 3 aromatic carbocycles. The average Bonchev–Trinajstić information content (AvgIpc) is 3.20. The topological polar surface area (TPSA) is 66.0 Å². The van der Waals surface area contributed by atoms with Crippen molar-refractivity contribution in [1.29, 1.82) is 5.26 Å². The lowest BCUT2D eigenvalue weighted by Gasteiger charge is -2.09. The summed E-state index contributed by atoms with van der Waals surface area (Å²) in [5, 5.41) is 13.9. The number of halogens is 1. The van der Waals surface area contributed by atoms with Crippen LogP contribution >= 0.6 is 11.6 Å². The third-order valence-corrected chi connectivity index (χ3v) is 5.47. The van der Waals surface area contributed by atoms with E-state index in [0.717, 1.165) is 16.7 Å². The monoisotopic (exact) mass is 454 g/mol. The maximum Gasteiger partial charge on any atom is 0.255 e. The second-order valence-electron chi connectivity index (χ2n) is 8.21. The lowest BCUT2D eigenvalue weighted by Crippen LogP contribution is -2.27. The first-order valence-electron chi connectivity index (χ1n) is 10.7. The van der Waals surface area contributed by atoms with E-state index in [9.17, 15) is 10.1 Å². The summed E-state index contributed by atoms with van der Waals surface area (Å²) in [7, 11) is 0. The second kappa shape index (κ2) is 9.77. The second-order valence-corrected chi connectivity index (χ2v) is 8.64. The number of carbonyl (C=O) groups excluding carboxylic acids is 1. The molecule has 0 aliphatic rings. The number of furan rings is 1. The van der Waals surface area contributed by atoms with Crippen LogP contribution in [0, 0.1) is 17.2 Å². The number of nitrogens with zero attached hydrogens (tertiary/aromatic N) is 1. The van der Waals surface area contributed by atoms with Crippen LogP contribution in [0.3, 0.4) is 0 Å². The summed E-state index contributed by atoms with van der Waals surface area (Å²) in [6.45, 7) is 4.64. The summed E-state index contributed by atoms with van der Waals surface area (Å²) in [5.74, 6) is 0.593. The quantitative estimate of drug-likeness (QED) is 0.247. The van der Waals surface area contributed by atoms with E-state index in [1.54, 1.807) is 18.2 Å². The Labute approximate surface area is 198 Å². The van der Waals surface area contributed by atoms with Gasteiger partial charge in [-0.05, 0) is 41.3 Å². The van der Waals surface area contributed by atoms with Crippen LogP contribution in [0.2, 0.25) is 5.02 Å². The molecule has 0 atom stereocenters. The molecule has 4 nitrogen and oxygen atoms in total. The van der Waals surface area contributed by atoms with Gasteiger partial charge in [0, 0.05) is 22.5 Å². The zero-order valence-electron chi connectivity index (χ0n) is 18.4. The first-order chi connectivity index (χ1) is 16.0. The first kappa shape index (κ1) is 22.4. The van der Waals surface area contributed by atoms with Crippen LogP contribution in [0.1, 0.15) is 35.3 Å². The number of carbonyl (C=O) groups is 1. The van der Waals surface area contributed by atoms with E-state index in [1.807, 2.05) is 74.5 Å². The van der Waals surface area contributed by atoms with Gasteiger partial charge in [0.25, 0.3) is 5.91 Å². The van der Waals surface area contributed by atoms with Gasteiger partial charge in [-0.15, -0.1) is 0 Å². The Morgan fingerprint density at radius 1 is 1.09 bits per heavy atom. The van der Waals surface area contributed by atoms with Gasteiger partial charge >= 0.3 is 0 Å². The van der Waals surface area contributed by atoms with Crippen molar-refractivity contribution in [3.8, 4) is 17.4 Å². The number of allylic oxidation sites excluding steroid dienone is 1. The van der Waals surface area contributed by atoms with Crippen LogP contribution in [-0.4, -0.2) is 12.5 Å². The zero-order chi connectivity index (χ0) is 23.4. The number of benzene rings is 3. The highest BCUT2D eigenvalue weighted by atomic mass is 35.5. The standard InChI is InChI=1S/C28H23ClN2O2/c1-18(2)17-31-28(32)26-24-15-23(29)12-13-25(24)33-27(26)21-10-8-20(9-11-21)22(16-30)14-19-6-4-3-5-7-19/h3-15,18H,17H2,1-2H3,(H,31,32)/b22-14+. The van der Waals surface area contributed by atoms with Gasteiger partial charge in [0.15, 0.2) is 0 Å². The van der Waals surface area contributed by atoms with Crippen molar-refractivity contribution in [2.24, 2.45) is 5.92 Å². The largest absolute Gasteiger partial charge is 0.455 e. The molecule has 1 amide bonds. The first-order valence-corrected chi connectivity index (χ1v) is 11.1. The summed E-state index contributed by atoms with van der Waals surface area (Å²) in [4.78, 5) is 13.1. The Bertz CT molecular complexity index is 1360. The molecule has 1 N–H and O–H groups in total. The number of hydrogen-bond acceptors (Lipinski definition) is 3. The van der Waals surface area contributed by atoms with Crippen LogP contribution < -0.4 is 5.32 Å². The zero-order valence-corrected chi connectivity index (χ0v) is 19.2. The van der Waals surface area contributed by atoms with Crippen molar-refractivity contribution >= 4 is 40.1 Å². The summed E-state index contributed by atoms with van der Waals surface area (Å²) < 4.78 is 6.09. The molecular weight excluding hydrogens is 432 g/mol. The van der Waals surface area contributed by atoms with Crippen molar-refractivity contribution in [3.05, 3.63) is 94.5 Å². The predicted octanol–water partition coefficient (Wildman–Crippen LogP) is 7.20. The van der Waals surface area contributed by atoms with Gasteiger partial charge in [-0.3, -0.25) is 4.79 Å². The molecule has 4 rings (SSSR count). The third kappa shape index (κ3) is 5.00. The Morgan fingerprint density at radius 3 is 2.48 bits per heavy atom. The van der Waals surface area contributed by atoms with Gasteiger partial charge in [-0.2, -0.15) is 5.26 Å². The van der Waals surface area contributed by atoms with Crippen LogP contribution in [0.15, 0.2) is 77.2 Å². The van der Waals surface area contributed by atoms with Gasteiger partial charge in [0.2, 0.25) is 0 Å². The molecule has 1 aromatic heterocycles. The van der Waals surface area contributed by atoms with E-state index < -0.39 is 0 Å². The van der Waals surface area contributed by atoms with Crippen LogP contribution in [0.4, 0.5) is 0 Å². The van der Waals surface area contributed by atoms with Gasteiger partial charge in [0.1, 0.15) is 11.3 Å². The summed E-state index contributed by atoms with van der Waals surface area (Å²) >= 11 is 6.21. The van der Waals surface area contributed by atoms with E-state index in [-0.39, 0.29) is 5.91 Å². The highest BCUT2D eigenvalue weighted by Gasteiger charge is 2.22. The molecule has 164 valence electrons. The van der Waals surface area contributed by atoms with Crippen molar-refractivity contribution in [2.45, 2.75) is 13.8 Å². The summed E-state index contributed by atoms with van der Waals surface area (Å²) in [6.07, 6.45) is 1.85. The van der Waals surface area contributed by atoms with Crippen molar-refractivity contribution in [2.75, 3.05) is 6.54 Å². The van der Waals surface area contributed by atoms with Crippen molar-refractivity contribution in [3.63, 3.8) is 0 Å². The van der Waals surface area contributed by atoms with Crippen molar-refractivity contribution < 1.29 is 9.21 Å². The lowest BCUT2D eigenvalue weighted by atomic mass is 9.99. The molecule has 0 fully saturated rings. The van der Waals surface area contributed by atoms with Gasteiger partial charge < -0.3 is 9.73 Å². The number of hydrogen-bond donors (Lipinski definition) is 1. The molecular formula is C28H23ClN2O2. The fourth-order valence-corrected chi connectivity index (χ4v) is 3.75. The van der Waals surface area contributed by atoms with E-state index in [2.05, 4.69) is 11.4 Å². The molecule has 0 aliphatic carbocycles. The van der Waals surface area contributed by atoms with E-state index in [4.69, 9.17) is 16.0 Å². The molecule has 0 spiro atoms. The molecule has 5 heteroatoms. The smallest absolute Gasteiger partial charge is 0.255 e. The highest BCUT2D eigenvalue weighted by Crippen LogP contribution is 2.35. The van der Waals surface area contributed by atoms with Crippen molar-refractivity contribution in [1.82, 2.24) is 5.32 Å². The van der Waals surface area contributed by atoms with E-state index >= 15 is 0 Å². The molecule has 4 aromatic rings. The molecule has 0 radical (unpaired) electrons. The third-order valence-electron chi connectivity index (χ3n) is 5.24. The fraction of sp³-hybridized carbons (Fsp3) is 0.143. The van der Waals surface area contributed by atoms with Gasteiger partial charge in [-0.1, -0.05) is 80.0 Å². The lowest BCUT2D eigenvalue weighted by molar-refractivity contribution is 0.0950. The fourth-order valence-electron chi connectivity index (χ4n) is 3.58. The predicted molar refractivity (Wildman–Crippen MR) is 134 cm³/mol. The van der Waals surface area contributed by atoms with Crippen LogP contribution in [-0.2, 0) is 0 Å². The molecule has 33 heavy (non-hydrogen) atoms.